The molecule has 2 N–H and O–H groups in total. The molecule has 0 aromatic heterocycles. The van der Waals surface area contributed by atoms with Crippen LogP contribution < -0.4 is 10.6 Å². The number of aliphatic imine (C=N–C) groups is 2. The molecule has 0 radical (unpaired) electrons. The number of hydrogen-bond donors (Lipinski definition) is 1. The van der Waals surface area contributed by atoms with E-state index in [1.807, 2.05) is 87.6 Å². The zero-order chi connectivity index (χ0) is 25.3. The molecule has 5 rings (SSSR count). The van der Waals surface area contributed by atoms with E-state index in [9.17, 15) is 4.79 Å². The van der Waals surface area contributed by atoms with Crippen molar-refractivity contribution in [3.63, 3.8) is 0 Å². The van der Waals surface area contributed by atoms with Crippen LogP contribution in [0, 0.1) is 0 Å². The third-order valence-corrected chi connectivity index (χ3v) is 6.05. The number of benzene rings is 2. The predicted octanol–water partition coefficient (Wildman–Crippen LogP) is 5.26. The van der Waals surface area contributed by atoms with Gasteiger partial charge in [0.2, 0.25) is 5.70 Å². The molecule has 0 saturated heterocycles. The molecule has 0 spiro atoms. The van der Waals surface area contributed by atoms with Crippen LogP contribution in [0.4, 0.5) is 4.79 Å². The van der Waals surface area contributed by atoms with Crippen LogP contribution >= 0.6 is 0 Å². The highest BCUT2D eigenvalue weighted by Crippen LogP contribution is 2.36. The summed E-state index contributed by atoms with van der Waals surface area (Å²) in [6.45, 7) is 6.60. The standard InChI is InChI=1S/C28H30N5O3/c1-28(2,3)36-27(34)32-16-13-20(14-17-32)25-24-19-30-15-18-33(24,29)26(31-25)21-9-11-23(12-10-21)35-22-7-5-4-6-8-22/h4-13,15,18-19H,14,16-17,29H2,1-3H3/q+1. The van der Waals surface area contributed by atoms with Crippen LogP contribution in [0.25, 0.3) is 0 Å². The van der Waals surface area contributed by atoms with Gasteiger partial charge < -0.3 is 14.4 Å². The molecule has 3 aliphatic rings. The maximum absolute atomic E-state index is 12.5. The van der Waals surface area contributed by atoms with Crippen molar-refractivity contribution < 1.29 is 18.9 Å². The molecular weight excluding hydrogens is 454 g/mol. The molecule has 8 nitrogen and oxygen atoms in total. The number of nitrogens with zero attached hydrogens (tertiary/aromatic N) is 4. The highest BCUT2D eigenvalue weighted by atomic mass is 16.6. The third-order valence-electron chi connectivity index (χ3n) is 6.05. The molecule has 0 aliphatic carbocycles. The van der Waals surface area contributed by atoms with Gasteiger partial charge in [0.25, 0.3) is 5.84 Å². The Morgan fingerprint density at radius 3 is 2.44 bits per heavy atom. The van der Waals surface area contributed by atoms with Gasteiger partial charge >= 0.3 is 6.09 Å². The number of nitrogens with two attached hydrogens (primary N) is 1. The van der Waals surface area contributed by atoms with Crippen LogP contribution in [0.5, 0.6) is 11.5 Å². The number of fused-ring (bicyclic) bond motifs is 1. The first-order valence-corrected chi connectivity index (χ1v) is 12.0. The van der Waals surface area contributed by atoms with E-state index in [0.29, 0.717) is 25.3 Å². The van der Waals surface area contributed by atoms with Crippen molar-refractivity contribution in [1.82, 2.24) is 4.90 Å². The van der Waals surface area contributed by atoms with Crippen molar-refractivity contribution in [2.75, 3.05) is 13.1 Å². The first-order chi connectivity index (χ1) is 17.2. The minimum absolute atomic E-state index is 0.0646. The summed E-state index contributed by atoms with van der Waals surface area (Å²) in [6.07, 6.45) is 7.64. The van der Waals surface area contributed by atoms with Crippen LogP contribution in [-0.2, 0) is 4.74 Å². The maximum Gasteiger partial charge on any atom is 0.410 e. The molecule has 3 aliphatic heterocycles. The quantitative estimate of drug-likeness (QED) is 0.473. The van der Waals surface area contributed by atoms with Crippen molar-refractivity contribution in [3.05, 3.63) is 95.6 Å². The average molecular weight is 485 g/mol. The molecule has 0 bridgehead atoms. The molecule has 1 atom stereocenters. The molecule has 2 aromatic rings. The van der Waals surface area contributed by atoms with Gasteiger partial charge in [0.05, 0.1) is 18.0 Å². The molecular formula is C28H30N5O3+. The van der Waals surface area contributed by atoms with Crippen LogP contribution in [0.1, 0.15) is 32.8 Å². The lowest BCUT2D eigenvalue weighted by Crippen LogP contribution is -2.53. The van der Waals surface area contributed by atoms with Gasteiger partial charge in [-0.2, -0.15) is 10.8 Å². The van der Waals surface area contributed by atoms with Gasteiger partial charge in [0.1, 0.15) is 29.0 Å². The van der Waals surface area contributed by atoms with Gasteiger partial charge in [-0.25, -0.2) is 4.79 Å². The van der Waals surface area contributed by atoms with E-state index >= 15 is 0 Å². The summed E-state index contributed by atoms with van der Waals surface area (Å²) in [5, 5.41) is 0. The zero-order valence-corrected chi connectivity index (χ0v) is 20.7. The van der Waals surface area contributed by atoms with E-state index < -0.39 is 5.60 Å². The molecule has 3 heterocycles. The Labute approximate surface area is 210 Å². The smallest absolute Gasteiger partial charge is 0.410 e. The van der Waals surface area contributed by atoms with E-state index in [4.69, 9.17) is 20.3 Å². The molecule has 0 fully saturated rings. The summed E-state index contributed by atoms with van der Waals surface area (Å²) in [6, 6.07) is 17.4. The number of quaternary nitrogens is 1. The van der Waals surface area contributed by atoms with Crippen LogP contribution in [0.3, 0.4) is 0 Å². The molecule has 184 valence electrons. The first kappa shape index (κ1) is 23.7. The van der Waals surface area contributed by atoms with Gasteiger partial charge in [0.15, 0.2) is 0 Å². The van der Waals surface area contributed by atoms with Gasteiger partial charge in [-0.15, -0.1) is 4.59 Å². The molecule has 36 heavy (non-hydrogen) atoms. The van der Waals surface area contributed by atoms with Crippen LogP contribution in [0.2, 0.25) is 0 Å². The minimum Gasteiger partial charge on any atom is -0.457 e. The number of para-hydroxylation sites is 1. The number of allylic oxidation sites excluding steroid dienone is 2. The van der Waals surface area contributed by atoms with Gasteiger partial charge in [-0.05, 0) is 69.2 Å². The number of hydrogen-bond acceptors (Lipinski definition) is 6. The largest absolute Gasteiger partial charge is 0.457 e. The Balaban J connectivity index is 1.39. The van der Waals surface area contributed by atoms with E-state index in [1.165, 1.54) is 0 Å². The number of amidine groups is 1. The van der Waals surface area contributed by atoms with Crippen LogP contribution in [0.15, 0.2) is 100 Å². The monoisotopic (exact) mass is 484 g/mol. The molecule has 1 unspecified atom stereocenters. The van der Waals surface area contributed by atoms with Crippen molar-refractivity contribution in [3.8, 4) is 11.5 Å². The number of amides is 1. The first-order valence-electron chi connectivity index (χ1n) is 12.0. The normalized spacial score (nSPS) is 21.2. The number of ether oxygens (including phenoxy) is 2. The molecule has 8 heteroatoms. The van der Waals surface area contributed by atoms with E-state index in [2.05, 4.69) is 4.99 Å². The lowest BCUT2D eigenvalue weighted by atomic mass is 10.0. The second kappa shape index (κ2) is 9.22. The van der Waals surface area contributed by atoms with E-state index in [-0.39, 0.29) is 10.7 Å². The fourth-order valence-corrected chi connectivity index (χ4v) is 4.29. The predicted molar refractivity (Wildman–Crippen MR) is 139 cm³/mol. The molecule has 2 aromatic carbocycles. The second-order valence-corrected chi connectivity index (χ2v) is 9.87. The maximum atomic E-state index is 12.5. The highest BCUT2D eigenvalue weighted by molar-refractivity contribution is 6.01. The van der Waals surface area contributed by atoms with Gasteiger partial charge in [0, 0.05) is 13.1 Å². The lowest BCUT2D eigenvalue weighted by molar-refractivity contribution is -0.750. The Morgan fingerprint density at radius 2 is 1.78 bits per heavy atom. The summed E-state index contributed by atoms with van der Waals surface area (Å²) in [5.41, 5.74) is 3.00. The SMILES string of the molecule is CC(C)(C)OC(=O)N1CC=C(C2=C3C=NC=C[N+]3(N)C(c3ccc(Oc4ccccc4)cc3)=N2)CC1. The van der Waals surface area contributed by atoms with Gasteiger partial charge in [-0.3, -0.25) is 4.99 Å². The molecule has 1 amide bonds. The summed E-state index contributed by atoms with van der Waals surface area (Å²) in [4.78, 5) is 23.5. The average Bonchev–Trinajstić information content (AvgIpc) is 3.17. The van der Waals surface area contributed by atoms with Crippen LogP contribution in [-0.4, -0.2) is 46.3 Å². The van der Waals surface area contributed by atoms with Gasteiger partial charge in [-0.1, -0.05) is 24.3 Å². The Bertz CT molecular complexity index is 1320. The zero-order valence-electron chi connectivity index (χ0n) is 20.7. The summed E-state index contributed by atoms with van der Waals surface area (Å²) in [5.74, 6) is 9.08. The Morgan fingerprint density at radius 1 is 1.06 bits per heavy atom. The van der Waals surface area contributed by atoms with Crippen molar-refractivity contribution in [2.24, 2.45) is 15.8 Å². The molecule has 0 saturated carbocycles. The summed E-state index contributed by atoms with van der Waals surface area (Å²) < 4.78 is 11.4. The fraction of sp³-hybridized carbons (Fsp3) is 0.250. The third kappa shape index (κ3) is 4.73. The fourth-order valence-electron chi connectivity index (χ4n) is 4.29. The van der Waals surface area contributed by atoms with E-state index in [0.717, 1.165) is 34.0 Å². The topological polar surface area (TPSA) is 89.5 Å². The highest BCUT2D eigenvalue weighted by Gasteiger charge is 2.45. The Hall–Kier alpha value is -4.01. The van der Waals surface area contributed by atoms with Crippen molar-refractivity contribution >= 4 is 18.1 Å². The van der Waals surface area contributed by atoms with E-state index in [1.54, 1.807) is 17.3 Å². The summed E-state index contributed by atoms with van der Waals surface area (Å²) in [7, 11) is 0. The van der Waals surface area contributed by atoms with Crippen molar-refractivity contribution in [2.45, 2.75) is 32.8 Å². The Kier molecular flexibility index (Phi) is 6.07. The summed E-state index contributed by atoms with van der Waals surface area (Å²) >= 11 is 0. The number of carbonyl (C=O) groups excluding carboxylic acids is 1. The minimum atomic E-state index is -0.528. The second-order valence-electron chi connectivity index (χ2n) is 9.87. The number of rotatable bonds is 4. The lowest BCUT2D eigenvalue weighted by Gasteiger charge is -2.29. The number of carbonyl (C=O) groups is 1. The van der Waals surface area contributed by atoms with Crippen molar-refractivity contribution in [1.29, 1.82) is 0 Å².